The Balaban J connectivity index is 1.99. The summed E-state index contributed by atoms with van der Waals surface area (Å²) in [6.45, 7) is 5.73. The van der Waals surface area contributed by atoms with Crippen molar-refractivity contribution in [2.24, 2.45) is 12.8 Å². The Bertz CT molecular complexity index is 381. The number of nitrogens with two attached hydrogens (primary N) is 1. The van der Waals surface area contributed by atoms with E-state index in [1.165, 1.54) is 5.56 Å². The van der Waals surface area contributed by atoms with Crippen LogP contribution in [-0.2, 0) is 7.05 Å². The van der Waals surface area contributed by atoms with E-state index in [0.29, 0.717) is 6.54 Å². The van der Waals surface area contributed by atoms with E-state index in [2.05, 4.69) is 14.9 Å². The van der Waals surface area contributed by atoms with Crippen molar-refractivity contribution < 1.29 is 5.11 Å². The molecule has 3 N–H and O–H groups in total. The lowest BCUT2D eigenvalue weighted by Gasteiger charge is -2.29. The van der Waals surface area contributed by atoms with Gasteiger partial charge in [0, 0.05) is 51.5 Å². The summed E-state index contributed by atoms with van der Waals surface area (Å²) in [4.78, 5) is 4.76. The molecule has 1 atom stereocenters. The molecular weight excluding hydrogens is 242 g/mol. The van der Waals surface area contributed by atoms with E-state index in [1.54, 1.807) is 0 Å². The number of β-amino-alcohol motifs (C(OH)–C–C–N with tert-alkyl or cyclic N) is 1. The van der Waals surface area contributed by atoms with Crippen molar-refractivity contribution in [3.05, 3.63) is 18.0 Å². The molecule has 0 amide bonds. The SMILES string of the molecule is Cn1cc(C(CN)N2CCCN(CCO)CC2)cn1. The van der Waals surface area contributed by atoms with Crippen molar-refractivity contribution in [1.82, 2.24) is 19.6 Å². The van der Waals surface area contributed by atoms with E-state index in [9.17, 15) is 0 Å². The third-order valence-corrected chi connectivity index (χ3v) is 3.81. The van der Waals surface area contributed by atoms with Gasteiger partial charge in [0.25, 0.3) is 0 Å². The Morgan fingerprint density at radius 1 is 1.37 bits per heavy atom. The molecule has 1 aliphatic rings. The fourth-order valence-electron chi connectivity index (χ4n) is 2.78. The molecule has 1 aliphatic heterocycles. The first-order valence-electron chi connectivity index (χ1n) is 7.00. The van der Waals surface area contributed by atoms with E-state index in [0.717, 1.165) is 39.1 Å². The Labute approximate surface area is 114 Å². The number of aryl methyl sites for hydroxylation is 1. The molecule has 1 fully saturated rings. The highest BCUT2D eigenvalue weighted by Gasteiger charge is 2.23. The Morgan fingerprint density at radius 3 is 2.84 bits per heavy atom. The van der Waals surface area contributed by atoms with Crippen LogP contribution >= 0.6 is 0 Å². The standard InChI is InChI=1S/C13H25N5O/c1-16-11-12(10-15-16)13(9-14)18-4-2-3-17(5-6-18)7-8-19/h10-11,13,19H,2-9,14H2,1H3. The van der Waals surface area contributed by atoms with Crippen molar-refractivity contribution >= 4 is 0 Å². The Hall–Kier alpha value is -0.950. The summed E-state index contributed by atoms with van der Waals surface area (Å²) in [5.74, 6) is 0. The molecule has 0 radical (unpaired) electrons. The molecule has 0 aliphatic carbocycles. The predicted octanol–water partition coefficient (Wildman–Crippen LogP) is -0.580. The minimum atomic E-state index is 0.239. The second-order valence-electron chi connectivity index (χ2n) is 5.15. The summed E-state index contributed by atoms with van der Waals surface area (Å²) in [5, 5.41) is 13.3. The normalized spacial score (nSPS) is 20.4. The van der Waals surface area contributed by atoms with Crippen LogP contribution in [0.2, 0.25) is 0 Å². The van der Waals surface area contributed by atoms with Gasteiger partial charge in [0.05, 0.1) is 18.8 Å². The largest absolute Gasteiger partial charge is 0.395 e. The van der Waals surface area contributed by atoms with Crippen LogP contribution in [0.4, 0.5) is 0 Å². The van der Waals surface area contributed by atoms with Crippen LogP contribution in [0.3, 0.4) is 0 Å². The molecule has 1 saturated heterocycles. The van der Waals surface area contributed by atoms with Crippen LogP contribution in [0.25, 0.3) is 0 Å². The number of aromatic nitrogens is 2. The molecule has 108 valence electrons. The zero-order valence-corrected chi connectivity index (χ0v) is 11.7. The summed E-state index contributed by atoms with van der Waals surface area (Å²) in [5.41, 5.74) is 7.15. The Morgan fingerprint density at radius 2 is 2.21 bits per heavy atom. The first kappa shape index (κ1) is 14.5. The average molecular weight is 267 g/mol. The first-order chi connectivity index (χ1) is 9.24. The second-order valence-corrected chi connectivity index (χ2v) is 5.15. The molecule has 2 heterocycles. The zero-order chi connectivity index (χ0) is 13.7. The summed E-state index contributed by atoms with van der Waals surface area (Å²) in [6.07, 6.45) is 5.08. The first-order valence-corrected chi connectivity index (χ1v) is 7.00. The van der Waals surface area contributed by atoms with Crippen LogP contribution in [-0.4, -0.2) is 70.6 Å². The van der Waals surface area contributed by atoms with Crippen LogP contribution in [0.1, 0.15) is 18.0 Å². The molecule has 0 bridgehead atoms. The van der Waals surface area contributed by atoms with E-state index >= 15 is 0 Å². The molecule has 1 aromatic heterocycles. The fourth-order valence-corrected chi connectivity index (χ4v) is 2.78. The van der Waals surface area contributed by atoms with Crippen molar-refractivity contribution in [2.45, 2.75) is 12.5 Å². The molecule has 6 heteroatoms. The van der Waals surface area contributed by atoms with Gasteiger partial charge >= 0.3 is 0 Å². The number of hydrogen-bond donors (Lipinski definition) is 2. The van der Waals surface area contributed by atoms with E-state index in [1.807, 2.05) is 24.1 Å². The highest BCUT2D eigenvalue weighted by atomic mass is 16.3. The van der Waals surface area contributed by atoms with Crippen molar-refractivity contribution in [3.8, 4) is 0 Å². The zero-order valence-electron chi connectivity index (χ0n) is 11.7. The van der Waals surface area contributed by atoms with Gasteiger partial charge in [-0.1, -0.05) is 0 Å². The maximum Gasteiger partial charge on any atom is 0.0558 e. The molecule has 0 spiro atoms. The van der Waals surface area contributed by atoms with Gasteiger partial charge in [-0.3, -0.25) is 14.5 Å². The van der Waals surface area contributed by atoms with Gasteiger partial charge in [-0.2, -0.15) is 5.10 Å². The van der Waals surface area contributed by atoms with E-state index < -0.39 is 0 Å². The topological polar surface area (TPSA) is 70.5 Å². The third kappa shape index (κ3) is 3.76. The van der Waals surface area contributed by atoms with Crippen LogP contribution in [0, 0.1) is 0 Å². The van der Waals surface area contributed by atoms with Gasteiger partial charge in [-0.05, 0) is 13.0 Å². The van der Waals surface area contributed by atoms with Gasteiger partial charge in [-0.25, -0.2) is 0 Å². The number of aliphatic hydroxyl groups excluding tert-OH is 1. The number of nitrogens with zero attached hydrogens (tertiary/aromatic N) is 4. The van der Waals surface area contributed by atoms with Crippen molar-refractivity contribution in [2.75, 3.05) is 45.9 Å². The molecule has 1 aromatic rings. The third-order valence-electron chi connectivity index (χ3n) is 3.81. The van der Waals surface area contributed by atoms with Crippen LogP contribution < -0.4 is 5.73 Å². The van der Waals surface area contributed by atoms with Gasteiger partial charge < -0.3 is 10.8 Å². The maximum absolute atomic E-state index is 9.03. The Kier molecular flexibility index (Phi) is 5.33. The molecule has 0 aromatic carbocycles. The predicted molar refractivity (Wildman–Crippen MR) is 74.7 cm³/mol. The minimum Gasteiger partial charge on any atom is -0.395 e. The van der Waals surface area contributed by atoms with Crippen molar-refractivity contribution in [1.29, 1.82) is 0 Å². The van der Waals surface area contributed by atoms with Crippen LogP contribution in [0.5, 0.6) is 0 Å². The van der Waals surface area contributed by atoms with Crippen molar-refractivity contribution in [3.63, 3.8) is 0 Å². The monoisotopic (exact) mass is 267 g/mol. The number of aliphatic hydroxyl groups is 1. The van der Waals surface area contributed by atoms with Crippen LogP contribution in [0.15, 0.2) is 12.4 Å². The highest BCUT2D eigenvalue weighted by molar-refractivity contribution is 5.11. The fraction of sp³-hybridized carbons (Fsp3) is 0.769. The summed E-state index contributed by atoms with van der Waals surface area (Å²) in [7, 11) is 1.93. The summed E-state index contributed by atoms with van der Waals surface area (Å²) in [6, 6.07) is 0.253. The number of rotatable bonds is 5. The molecule has 2 rings (SSSR count). The lowest BCUT2D eigenvalue weighted by Crippen LogP contribution is -2.37. The van der Waals surface area contributed by atoms with E-state index in [-0.39, 0.29) is 12.6 Å². The second kappa shape index (κ2) is 7.00. The summed E-state index contributed by atoms with van der Waals surface area (Å²) >= 11 is 0. The lowest BCUT2D eigenvalue weighted by molar-refractivity contribution is 0.182. The van der Waals surface area contributed by atoms with Gasteiger partial charge in [0.1, 0.15) is 0 Å². The van der Waals surface area contributed by atoms with Gasteiger partial charge in [0.2, 0.25) is 0 Å². The van der Waals surface area contributed by atoms with Gasteiger partial charge in [-0.15, -0.1) is 0 Å². The maximum atomic E-state index is 9.03. The van der Waals surface area contributed by atoms with Gasteiger partial charge in [0.15, 0.2) is 0 Å². The van der Waals surface area contributed by atoms with E-state index in [4.69, 9.17) is 10.8 Å². The minimum absolute atomic E-state index is 0.239. The quantitative estimate of drug-likeness (QED) is 0.747. The summed E-state index contributed by atoms with van der Waals surface area (Å²) < 4.78 is 1.83. The average Bonchev–Trinajstić information content (AvgIpc) is 2.69. The number of hydrogen-bond acceptors (Lipinski definition) is 5. The smallest absolute Gasteiger partial charge is 0.0558 e. The molecule has 1 unspecified atom stereocenters. The molecule has 0 saturated carbocycles. The highest BCUT2D eigenvalue weighted by Crippen LogP contribution is 2.20. The molecular formula is C13H25N5O. The molecule has 6 nitrogen and oxygen atoms in total. The molecule has 19 heavy (non-hydrogen) atoms. The lowest BCUT2D eigenvalue weighted by atomic mass is 10.1.